The van der Waals surface area contributed by atoms with Crippen molar-refractivity contribution in [2.45, 2.75) is 14.4 Å². The smallest absolute Gasteiger partial charge is 0.537 e. The van der Waals surface area contributed by atoms with Crippen molar-refractivity contribution in [2.24, 2.45) is 0 Å². The highest BCUT2D eigenvalue weighted by Gasteiger charge is 2.05. The lowest BCUT2D eigenvalue weighted by Gasteiger charge is -2.04. The van der Waals surface area contributed by atoms with Gasteiger partial charge in [-0.2, -0.15) is 10.2 Å². The number of hydrogen-bond acceptors (Lipinski definition) is 10. The number of carbonyl (C=O) groups excluding carboxylic acids is 1. The Morgan fingerprint density at radius 1 is 0.886 bits per heavy atom. The average molecular weight is 618 g/mol. The molecule has 1 radical (unpaired) electrons. The number of imidazole rings is 2. The summed E-state index contributed by atoms with van der Waals surface area (Å²) in [5, 5.41) is 19.7. The molecule has 13 nitrogen and oxygen atoms in total. The van der Waals surface area contributed by atoms with Gasteiger partial charge in [-0.1, -0.05) is 37.2 Å². The van der Waals surface area contributed by atoms with Crippen LogP contribution in [0.25, 0.3) is 22.6 Å². The maximum absolute atomic E-state index is 10.8. The number of rotatable bonds is 6. The van der Waals surface area contributed by atoms with Crippen molar-refractivity contribution in [1.82, 2.24) is 29.2 Å². The summed E-state index contributed by atoms with van der Waals surface area (Å²) in [6.45, 7) is 1.42. The van der Waals surface area contributed by atoms with Gasteiger partial charge in [-0.15, -0.1) is 0 Å². The van der Waals surface area contributed by atoms with Crippen LogP contribution in [-0.4, -0.2) is 62.0 Å². The number of benzene rings is 2. The molecule has 0 aliphatic rings. The SMILES string of the molecule is C.CC(=O)Nc1cn2nc(Cl)ccc2n1.COc1cccc(-c2ccc3nc(N)cn3n2)c1.COc1cccc(O[B]O)c1. The molecule has 0 fully saturated rings. The Hall–Kier alpha value is -5.34. The molecule has 6 rings (SSSR count). The van der Waals surface area contributed by atoms with Gasteiger partial charge in [0.05, 0.1) is 32.3 Å². The van der Waals surface area contributed by atoms with Crippen LogP contribution in [0.3, 0.4) is 0 Å². The molecule has 44 heavy (non-hydrogen) atoms. The summed E-state index contributed by atoms with van der Waals surface area (Å²) in [5.41, 5.74) is 8.84. The fourth-order valence-corrected chi connectivity index (χ4v) is 3.82. The topological polar surface area (TPSA) is 163 Å². The highest BCUT2D eigenvalue weighted by atomic mass is 35.5. The molecule has 15 heteroatoms. The number of nitrogens with one attached hydrogen (secondary N) is 1. The van der Waals surface area contributed by atoms with Crippen LogP contribution in [0.1, 0.15) is 14.4 Å². The minimum Gasteiger partial charge on any atom is -0.537 e. The first-order valence-electron chi connectivity index (χ1n) is 12.6. The van der Waals surface area contributed by atoms with Crippen LogP contribution in [0.15, 0.2) is 85.2 Å². The van der Waals surface area contributed by atoms with E-state index in [0.717, 1.165) is 22.7 Å². The van der Waals surface area contributed by atoms with E-state index in [9.17, 15) is 4.79 Å². The van der Waals surface area contributed by atoms with Gasteiger partial charge in [0.1, 0.15) is 28.2 Å². The van der Waals surface area contributed by atoms with Crippen LogP contribution in [0.5, 0.6) is 17.2 Å². The monoisotopic (exact) mass is 617 g/mol. The molecule has 0 saturated heterocycles. The second kappa shape index (κ2) is 15.8. The Labute approximate surface area is 259 Å². The van der Waals surface area contributed by atoms with Crippen molar-refractivity contribution in [3.63, 3.8) is 0 Å². The van der Waals surface area contributed by atoms with Crippen molar-refractivity contribution in [1.29, 1.82) is 0 Å². The largest absolute Gasteiger partial charge is 0.569 e. The van der Waals surface area contributed by atoms with E-state index in [1.807, 2.05) is 36.4 Å². The van der Waals surface area contributed by atoms with E-state index in [2.05, 4.69) is 25.5 Å². The van der Waals surface area contributed by atoms with Gasteiger partial charge in [-0.25, -0.2) is 19.0 Å². The third-order valence-electron chi connectivity index (χ3n) is 5.53. The van der Waals surface area contributed by atoms with Crippen molar-refractivity contribution in [3.8, 4) is 28.5 Å². The van der Waals surface area contributed by atoms with Gasteiger partial charge in [-0.3, -0.25) is 4.79 Å². The predicted octanol–water partition coefficient (Wildman–Crippen LogP) is 4.56. The van der Waals surface area contributed by atoms with Gasteiger partial charge < -0.3 is 30.2 Å². The number of hydrogen-bond donors (Lipinski definition) is 3. The average Bonchev–Trinajstić information content (AvgIpc) is 3.58. The summed E-state index contributed by atoms with van der Waals surface area (Å²) in [6, 6.07) is 21.9. The number of aromatic nitrogens is 6. The van der Waals surface area contributed by atoms with Gasteiger partial charge in [0.15, 0.2) is 17.1 Å². The molecule has 6 aromatic rings. The maximum Gasteiger partial charge on any atom is 0.569 e. The Kier molecular flexibility index (Phi) is 11.9. The van der Waals surface area contributed by atoms with Crippen LogP contribution in [0.4, 0.5) is 11.6 Å². The standard InChI is InChI=1S/C13H12N4O.C8H7ClN4O.C7H8BO3.CH4/c1-18-10-4-2-3-9(7-10)11-5-6-13-15-12(14)8-17(13)16-11;1-5(14)10-7-4-13-8(11-7)3-2-6(9)12-13;1-10-6-3-2-4-7(5-6)11-8-9;/h2-8H,14H2,1H3;2-4H,1H3,(H,10,14);2-5,9H,1H3;1H4. The zero-order valence-corrected chi connectivity index (χ0v) is 24.1. The van der Waals surface area contributed by atoms with Crippen LogP contribution in [0.2, 0.25) is 5.15 Å². The molecule has 0 unspecified atom stereocenters. The third kappa shape index (κ3) is 9.08. The maximum atomic E-state index is 10.8. The number of amides is 1. The van der Waals surface area contributed by atoms with E-state index in [4.69, 9.17) is 36.5 Å². The molecule has 0 bridgehead atoms. The lowest BCUT2D eigenvalue weighted by molar-refractivity contribution is -0.114. The zero-order chi connectivity index (χ0) is 30.8. The zero-order valence-electron chi connectivity index (χ0n) is 23.4. The van der Waals surface area contributed by atoms with E-state index in [1.54, 1.807) is 67.5 Å². The second-order valence-corrected chi connectivity index (χ2v) is 8.97. The summed E-state index contributed by atoms with van der Waals surface area (Å²) in [5.74, 6) is 2.81. The second-order valence-electron chi connectivity index (χ2n) is 8.59. The number of ether oxygens (including phenoxy) is 2. The number of halogens is 1. The Morgan fingerprint density at radius 3 is 2.23 bits per heavy atom. The molecule has 1 amide bonds. The van der Waals surface area contributed by atoms with Crippen LogP contribution in [0, 0.1) is 0 Å². The van der Waals surface area contributed by atoms with Crippen molar-refractivity contribution < 1.29 is 23.9 Å². The molecule has 0 spiro atoms. The number of nitrogen functional groups attached to an aromatic ring is 1. The Bertz CT molecular complexity index is 1830. The van der Waals surface area contributed by atoms with E-state index in [1.165, 1.54) is 11.4 Å². The van der Waals surface area contributed by atoms with E-state index >= 15 is 0 Å². The van der Waals surface area contributed by atoms with Crippen LogP contribution < -0.4 is 25.2 Å². The molecule has 4 heterocycles. The number of anilines is 2. The normalized spacial score (nSPS) is 9.93. The highest BCUT2D eigenvalue weighted by Crippen LogP contribution is 2.22. The van der Waals surface area contributed by atoms with Gasteiger partial charge in [0.25, 0.3) is 0 Å². The number of methoxy groups -OCH3 is 2. The number of carbonyl (C=O) groups is 1. The van der Waals surface area contributed by atoms with Crippen molar-refractivity contribution in [2.75, 3.05) is 25.3 Å². The summed E-state index contributed by atoms with van der Waals surface area (Å²) in [6.07, 6.45) is 3.29. The van der Waals surface area contributed by atoms with E-state index in [-0.39, 0.29) is 13.3 Å². The molecule has 0 saturated carbocycles. The summed E-state index contributed by atoms with van der Waals surface area (Å²) in [7, 11) is 3.85. The summed E-state index contributed by atoms with van der Waals surface area (Å²) in [4.78, 5) is 19.0. The summed E-state index contributed by atoms with van der Waals surface area (Å²) >= 11 is 5.69. The molecule has 2 aromatic carbocycles. The van der Waals surface area contributed by atoms with Gasteiger partial charge in [0.2, 0.25) is 5.91 Å². The Morgan fingerprint density at radius 2 is 1.52 bits per heavy atom. The van der Waals surface area contributed by atoms with Crippen molar-refractivity contribution >= 4 is 48.1 Å². The molecule has 0 aliphatic heterocycles. The van der Waals surface area contributed by atoms with Gasteiger partial charge in [-0.05, 0) is 48.5 Å². The number of fused-ring (bicyclic) bond motifs is 2. The molecular formula is C29H31BClN8O5. The Balaban J connectivity index is 0.000000184. The molecule has 0 atom stereocenters. The van der Waals surface area contributed by atoms with Crippen LogP contribution in [-0.2, 0) is 4.79 Å². The third-order valence-corrected chi connectivity index (χ3v) is 5.73. The first-order valence-corrected chi connectivity index (χ1v) is 13.0. The van der Waals surface area contributed by atoms with E-state index < -0.39 is 0 Å². The fraction of sp³-hybridized carbons (Fsp3) is 0.138. The number of nitrogens with two attached hydrogens (primary N) is 1. The first-order chi connectivity index (χ1) is 20.8. The molecule has 0 aliphatic carbocycles. The molecular weight excluding hydrogens is 587 g/mol. The minimum atomic E-state index is -0.167. The highest BCUT2D eigenvalue weighted by molar-refractivity contribution is 6.29. The van der Waals surface area contributed by atoms with Gasteiger partial charge >= 0.3 is 7.69 Å². The van der Waals surface area contributed by atoms with Gasteiger partial charge in [0, 0.05) is 18.6 Å². The number of nitrogens with zero attached hydrogens (tertiary/aromatic N) is 6. The molecule has 4 N–H and O–H groups in total. The summed E-state index contributed by atoms with van der Waals surface area (Å²) < 4.78 is 18.0. The minimum absolute atomic E-state index is 0. The fourth-order valence-electron chi connectivity index (χ4n) is 3.67. The lowest BCUT2D eigenvalue weighted by atomic mass is 10.1. The van der Waals surface area contributed by atoms with Crippen molar-refractivity contribution in [3.05, 3.63) is 90.3 Å². The quantitative estimate of drug-likeness (QED) is 0.226. The van der Waals surface area contributed by atoms with Crippen LogP contribution >= 0.6 is 11.6 Å². The molecule has 227 valence electrons. The van der Waals surface area contributed by atoms with E-state index in [0.29, 0.717) is 41.6 Å². The first kappa shape index (κ1) is 33.2. The lowest BCUT2D eigenvalue weighted by Crippen LogP contribution is -2.05. The molecule has 4 aromatic heterocycles. The predicted molar refractivity (Wildman–Crippen MR) is 170 cm³/mol.